The highest BCUT2D eigenvalue weighted by Crippen LogP contribution is 2.36. The van der Waals surface area contributed by atoms with Gasteiger partial charge in [0.25, 0.3) is 0 Å². The van der Waals surface area contributed by atoms with Crippen LogP contribution >= 0.6 is 0 Å². The SMILES string of the molecule is Cc1cc(C)cc(-c2nc3cc(C4CCC(C)CC4)ccc3nc2C)c1. The summed E-state index contributed by atoms with van der Waals surface area (Å²) in [4.78, 5) is 9.88. The van der Waals surface area contributed by atoms with Crippen molar-refractivity contribution in [1.29, 1.82) is 0 Å². The molecule has 4 rings (SSSR count). The molecule has 1 aromatic heterocycles. The van der Waals surface area contributed by atoms with Gasteiger partial charge in [0.05, 0.1) is 22.4 Å². The lowest BCUT2D eigenvalue weighted by Crippen LogP contribution is -2.10. The van der Waals surface area contributed by atoms with Gasteiger partial charge in [0.1, 0.15) is 0 Å². The molecule has 0 unspecified atom stereocenters. The van der Waals surface area contributed by atoms with Crippen molar-refractivity contribution in [3.8, 4) is 11.3 Å². The van der Waals surface area contributed by atoms with E-state index in [2.05, 4.69) is 64.1 Å². The quantitative estimate of drug-likeness (QED) is 0.529. The topological polar surface area (TPSA) is 25.8 Å². The summed E-state index contributed by atoms with van der Waals surface area (Å²) in [6.45, 7) is 8.72. The molecule has 2 aromatic carbocycles. The van der Waals surface area contributed by atoms with Crippen molar-refractivity contribution in [2.45, 2.75) is 59.3 Å². The second kappa shape index (κ2) is 6.83. The van der Waals surface area contributed by atoms with E-state index in [-0.39, 0.29) is 0 Å². The van der Waals surface area contributed by atoms with E-state index in [4.69, 9.17) is 9.97 Å². The first-order chi connectivity index (χ1) is 12.5. The van der Waals surface area contributed by atoms with Crippen molar-refractivity contribution in [2.24, 2.45) is 5.92 Å². The first-order valence-electron chi connectivity index (χ1n) is 9.86. The number of aryl methyl sites for hydroxylation is 3. The molecular weight excluding hydrogens is 316 g/mol. The molecule has 0 saturated heterocycles. The van der Waals surface area contributed by atoms with Gasteiger partial charge in [-0.2, -0.15) is 0 Å². The summed E-state index contributed by atoms with van der Waals surface area (Å²) in [6.07, 6.45) is 5.29. The minimum absolute atomic E-state index is 0.684. The number of rotatable bonds is 2. The van der Waals surface area contributed by atoms with E-state index >= 15 is 0 Å². The van der Waals surface area contributed by atoms with Crippen LogP contribution in [-0.2, 0) is 0 Å². The van der Waals surface area contributed by atoms with Crippen LogP contribution in [0.4, 0.5) is 0 Å². The Morgan fingerprint density at radius 2 is 1.46 bits per heavy atom. The molecule has 0 atom stereocenters. The number of benzene rings is 2. The van der Waals surface area contributed by atoms with Crippen molar-refractivity contribution in [1.82, 2.24) is 9.97 Å². The Balaban J connectivity index is 1.76. The number of fused-ring (bicyclic) bond motifs is 1. The third kappa shape index (κ3) is 3.38. The molecule has 0 radical (unpaired) electrons. The molecule has 1 aliphatic rings. The number of nitrogens with zero attached hydrogens (tertiary/aromatic N) is 2. The first-order valence-corrected chi connectivity index (χ1v) is 9.86. The van der Waals surface area contributed by atoms with Crippen molar-refractivity contribution in [3.05, 3.63) is 58.8 Å². The zero-order chi connectivity index (χ0) is 18.3. The average Bonchev–Trinajstić information content (AvgIpc) is 2.60. The fraction of sp³-hybridized carbons (Fsp3) is 0.417. The normalized spacial score (nSPS) is 20.5. The molecule has 134 valence electrons. The fourth-order valence-electron chi connectivity index (χ4n) is 4.39. The van der Waals surface area contributed by atoms with E-state index in [9.17, 15) is 0 Å². The van der Waals surface area contributed by atoms with E-state index in [1.807, 2.05) is 0 Å². The highest BCUT2D eigenvalue weighted by Gasteiger charge is 2.20. The van der Waals surface area contributed by atoms with Crippen LogP contribution in [0.25, 0.3) is 22.3 Å². The Kier molecular flexibility index (Phi) is 4.52. The molecule has 1 saturated carbocycles. The Morgan fingerprint density at radius 3 is 2.15 bits per heavy atom. The van der Waals surface area contributed by atoms with Gasteiger partial charge >= 0.3 is 0 Å². The third-order valence-electron chi connectivity index (χ3n) is 5.84. The monoisotopic (exact) mass is 344 g/mol. The minimum Gasteiger partial charge on any atom is -0.249 e. The molecule has 3 aromatic rings. The van der Waals surface area contributed by atoms with Gasteiger partial charge in [0, 0.05) is 5.56 Å². The van der Waals surface area contributed by atoms with Crippen LogP contribution in [0.3, 0.4) is 0 Å². The smallest absolute Gasteiger partial charge is 0.0922 e. The summed E-state index contributed by atoms with van der Waals surface area (Å²) < 4.78 is 0. The van der Waals surface area contributed by atoms with Crippen LogP contribution in [0.2, 0.25) is 0 Å². The standard InChI is InChI=1S/C24H28N2/c1-15-5-7-19(8-6-15)20-9-10-22-23(14-20)26-24(18(4)25-22)21-12-16(2)11-17(3)13-21/h9-15,19H,5-8H2,1-4H3. The molecule has 0 bridgehead atoms. The second-order valence-electron chi connectivity index (χ2n) is 8.24. The molecule has 1 heterocycles. The Bertz CT molecular complexity index is 930. The first kappa shape index (κ1) is 17.2. The van der Waals surface area contributed by atoms with Gasteiger partial charge in [0.15, 0.2) is 0 Å². The molecule has 0 spiro atoms. The van der Waals surface area contributed by atoms with Crippen molar-refractivity contribution < 1.29 is 0 Å². The highest BCUT2D eigenvalue weighted by molar-refractivity contribution is 5.79. The molecule has 1 aliphatic carbocycles. The lowest BCUT2D eigenvalue weighted by molar-refractivity contribution is 0.348. The van der Waals surface area contributed by atoms with E-state index in [0.717, 1.165) is 28.3 Å². The predicted molar refractivity (Wildman–Crippen MR) is 110 cm³/mol. The van der Waals surface area contributed by atoms with E-state index in [1.165, 1.54) is 47.9 Å². The molecule has 0 N–H and O–H groups in total. The van der Waals surface area contributed by atoms with Gasteiger partial charge in [-0.3, -0.25) is 0 Å². The lowest BCUT2D eigenvalue weighted by atomic mass is 9.79. The van der Waals surface area contributed by atoms with Gasteiger partial charge in [-0.15, -0.1) is 0 Å². The van der Waals surface area contributed by atoms with Gasteiger partial charge < -0.3 is 0 Å². The number of aromatic nitrogens is 2. The van der Waals surface area contributed by atoms with Crippen LogP contribution < -0.4 is 0 Å². The van der Waals surface area contributed by atoms with Crippen molar-refractivity contribution in [2.75, 3.05) is 0 Å². The van der Waals surface area contributed by atoms with Crippen molar-refractivity contribution in [3.63, 3.8) is 0 Å². The summed E-state index contributed by atoms with van der Waals surface area (Å²) in [5.74, 6) is 1.56. The maximum atomic E-state index is 5.04. The maximum Gasteiger partial charge on any atom is 0.0922 e. The molecule has 2 nitrogen and oxygen atoms in total. The second-order valence-corrected chi connectivity index (χ2v) is 8.24. The van der Waals surface area contributed by atoms with Crippen LogP contribution in [0.5, 0.6) is 0 Å². The van der Waals surface area contributed by atoms with Crippen molar-refractivity contribution >= 4 is 11.0 Å². The summed E-state index contributed by atoms with van der Waals surface area (Å²) in [5.41, 5.74) is 9.20. The third-order valence-corrected chi connectivity index (χ3v) is 5.84. The summed E-state index contributed by atoms with van der Waals surface area (Å²) in [6, 6.07) is 13.3. The largest absolute Gasteiger partial charge is 0.249 e. The Morgan fingerprint density at radius 1 is 0.769 bits per heavy atom. The number of hydrogen-bond acceptors (Lipinski definition) is 2. The van der Waals surface area contributed by atoms with Crippen LogP contribution in [0.15, 0.2) is 36.4 Å². The van der Waals surface area contributed by atoms with Gasteiger partial charge in [-0.05, 0) is 75.3 Å². The zero-order valence-electron chi connectivity index (χ0n) is 16.3. The van der Waals surface area contributed by atoms with Crippen LogP contribution in [0.1, 0.15) is 60.9 Å². The maximum absolute atomic E-state index is 5.04. The van der Waals surface area contributed by atoms with E-state index < -0.39 is 0 Å². The lowest BCUT2D eigenvalue weighted by Gasteiger charge is -2.26. The predicted octanol–water partition coefficient (Wildman–Crippen LogP) is 6.52. The molecule has 2 heteroatoms. The molecule has 1 fully saturated rings. The highest BCUT2D eigenvalue weighted by atomic mass is 14.8. The molecule has 0 amide bonds. The van der Waals surface area contributed by atoms with Crippen LogP contribution in [0, 0.1) is 26.7 Å². The average molecular weight is 345 g/mol. The number of hydrogen-bond donors (Lipinski definition) is 0. The van der Waals surface area contributed by atoms with Gasteiger partial charge in [-0.1, -0.05) is 43.0 Å². The summed E-state index contributed by atoms with van der Waals surface area (Å²) in [5, 5.41) is 0. The molecular formula is C24H28N2. The van der Waals surface area contributed by atoms with Crippen LogP contribution in [-0.4, -0.2) is 9.97 Å². The van der Waals surface area contributed by atoms with Gasteiger partial charge in [0.2, 0.25) is 0 Å². The van der Waals surface area contributed by atoms with E-state index in [0.29, 0.717) is 5.92 Å². The summed E-state index contributed by atoms with van der Waals surface area (Å²) in [7, 11) is 0. The fourth-order valence-corrected chi connectivity index (χ4v) is 4.39. The molecule has 0 aliphatic heterocycles. The van der Waals surface area contributed by atoms with Gasteiger partial charge in [-0.25, -0.2) is 9.97 Å². The summed E-state index contributed by atoms with van der Waals surface area (Å²) >= 11 is 0. The zero-order valence-corrected chi connectivity index (χ0v) is 16.3. The Hall–Kier alpha value is -2.22. The van der Waals surface area contributed by atoms with E-state index in [1.54, 1.807) is 0 Å². The Labute approximate surface area is 156 Å². The molecule has 26 heavy (non-hydrogen) atoms. The minimum atomic E-state index is 0.684.